The lowest BCUT2D eigenvalue weighted by Crippen LogP contribution is -2.26. The molecule has 1 aliphatic heterocycles. The Morgan fingerprint density at radius 1 is 1.35 bits per heavy atom. The summed E-state index contributed by atoms with van der Waals surface area (Å²) in [4.78, 5) is 11.2. The minimum Gasteiger partial charge on any atom is -0.469 e. The lowest BCUT2D eigenvalue weighted by Gasteiger charge is -2.15. The van der Waals surface area contributed by atoms with Gasteiger partial charge in [0.2, 0.25) is 6.79 Å². The number of fused-ring (bicyclic) bond motifs is 1. The van der Waals surface area contributed by atoms with Crippen molar-refractivity contribution < 1.29 is 19.0 Å². The molecule has 1 aromatic carbocycles. The van der Waals surface area contributed by atoms with Crippen LogP contribution < -0.4 is 14.8 Å². The molecule has 0 fully saturated rings. The molecule has 5 heteroatoms. The summed E-state index contributed by atoms with van der Waals surface area (Å²) < 4.78 is 15.9. The first-order chi connectivity index (χ1) is 11.2. The Labute approximate surface area is 138 Å². The van der Waals surface area contributed by atoms with E-state index in [9.17, 15) is 4.79 Å². The van der Waals surface area contributed by atoms with Crippen LogP contribution in [0.2, 0.25) is 0 Å². The number of nitrogens with one attached hydrogen (secondary N) is 1. The van der Waals surface area contributed by atoms with E-state index in [1.54, 1.807) is 0 Å². The van der Waals surface area contributed by atoms with E-state index in [-0.39, 0.29) is 12.8 Å². The van der Waals surface area contributed by atoms with Crippen molar-refractivity contribution in [1.29, 1.82) is 0 Å². The summed E-state index contributed by atoms with van der Waals surface area (Å²) in [5, 5.41) is 3.34. The summed E-state index contributed by atoms with van der Waals surface area (Å²) in [5.41, 5.74) is 2.43. The van der Waals surface area contributed by atoms with Gasteiger partial charge in [0.1, 0.15) is 0 Å². The molecule has 1 aromatic rings. The van der Waals surface area contributed by atoms with Crippen molar-refractivity contribution in [2.45, 2.75) is 51.5 Å². The minimum atomic E-state index is -0.150. The summed E-state index contributed by atoms with van der Waals surface area (Å²) in [6.45, 7) is 2.47. The Balaban J connectivity index is 2.02. The molecular formula is C18H27NO4. The number of hydrogen-bond donors (Lipinski definition) is 1. The molecule has 0 saturated heterocycles. The van der Waals surface area contributed by atoms with Gasteiger partial charge in [-0.15, -0.1) is 0 Å². The summed E-state index contributed by atoms with van der Waals surface area (Å²) in [5.74, 6) is 1.56. The molecule has 2 rings (SSSR count). The second-order valence-electron chi connectivity index (χ2n) is 5.87. The van der Waals surface area contributed by atoms with Crippen molar-refractivity contribution in [2.75, 3.05) is 21.0 Å². The minimum absolute atomic E-state index is 0.150. The topological polar surface area (TPSA) is 56.8 Å². The zero-order valence-corrected chi connectivity index (χ0v) is 14.3. The van der Waals surface area contributed by atoms with Gasteiger partial charge in [0.25, 0.3) is 0 Å². The van der Waals surface area contributed by atoms with Gasteiger partial charge in [-0.2, -0.15) is 0 Å². The number of ether oxygens (including phenoxy) is 3. The van der Waals surface area contributed by atoms with Gasteiger partial charge in [0.15, 0.2) is 11.5 Å². The maximum Gasteiger partial charge on any atom is 0.305 e. The highest BCUT2D eigenvalue weighted by atomic mass is 16.7. The maximum absolute atomic E-state index is 11.2. The van der Waals surface area contributed by atoms with Crippen molar-refractivity contribution in [2.24, 2.45) is 0 Å². The van der Waals surface area contributed by atoms with Crippen LogP contribution in [0.5, 0.6) is 11.5 Å². The number of carbonyl (C=O) groups is 1. The average molecular weight is 321 g/mol. The predicted octanol–water partition coefficient (Wildman–Crippen LogP) is 2.84. The number of esters is 1. The lowest BCUT2D eigenvalue weighted by atomic mass is 9.98. The zero-order chi connectivity index (χ0) is 16.7. The van der Waals surface area contributed by atoms with Crippen LogP contribution >= 0.6 is 0 Å². The second-order valence-corrected chi connectivity index (χ2v) is 5.87. The van der Waals surface area contributed by atoms with E-state index in [1.165, 1.54) is 18.2 Å². The number of likely N-dealkylation sites (N-methyl/N-ethyl adjacent to an activating group) is 1. The van der Waals surface area contributed by atoms with Gasteiger partial charge in [0, 0.05) is 12.5 Å². The molecule has 0 aromatic heterocycles. The van der Waals surface area contributed by atoms with Gasteiger partial charge in [-0.05, 0) is 56.3 Å². The summed E-state index contributed by atoms with van der Waals surface area (Å²) >= 11 is 0. The third kappa shape index (κ3) is 4.86. The van der Waals surface area contributed by atoms with Crippen LogP contribution in [0.15, 0.2) is 12.1 Å². The number of aryl methyl sites for hydroxylation is 1. The number of hydrogen-bond acceptors (Lipinski definition) is 5. The van der Waals surface area contributed by atoms with E-state index in [2.05, 4.69) is 29.1 Å². The highest BCUT2D eigenvalue weighted by Gasteiger charge is 2.20. The SMILES string of the molecule is CCC(Cc1cc(CCCCC(=O)OC)c2c(c1)OCO2)NC. The molecule has 23 heavy (non-hydrogen) atoms. The van der Waals surface area contributed by atoms with Gasteiger partial charge in [-0.3, -0.25) is 4.79 Å². The molecule has 5 nitrogen and oxygen atoms in total. The first-order valence-corrected chi connectivity index (χ1v) is 8.33. The summed E-state index contributed by atoms with van der Waals surface area (Å²) in [6.07, 6.45) is 5.15. The molecule has 0 spiro atoms. The maximum atomic E-state index is 11.2. The van der Waals surface area contributed by atoms with Crippen molar-refractivity contribution in [3.63, 3.8) is 0 Å². The molecule has 1 heterocycles. The molecule has 0 bridgehead atoms. The normalized spacial score (nSPS) is 13.9. The molecule has 1 aliphatic rings. The van der Waals surface area contributed by atoms with Crippen molar-refractivity contribution in [3.05, 3.63) is 23.3 Å². The summed E-state index contributed by atoms with van der Waals surface area (Å²) in [6, 6.07) is 4.76. The second kappa shape index (κ2) is 8.77. The fourth-order valence-corrected chi connectivity index (χ4v) is 2.87. The largest absolute Gasteiger partial charge is 0.469 e. The third-order valence-corrected chi connectivity index (χ3v) is 4.30. The monoisotopic (exact) mass is 321 g/mol. The smallest absolute Gasteiger partial charge is 0.305 e. The Bertz CT molecular complexity index is 526. The zero-order valence-electron chi connectivity index (χ0n) is 14.3. The fraction of sp³-hybridized carbons (Fsp3) is 0.611. The number of methoxy groups -OCH3 is 1. The van der Waals surface area contributed by atoms with E-state index in [4.69, 9.17) is 9.47 Å². The van der Waals surface area contributed by atoms with E-state index in [1.807, 2.05) is 7.05 Å². The molecular weight excluding hydrogens is 294 g/mol. The highest BCUT2D eigenvalue weighted by Crippen LogP contribution is 2.38. The molecule has 0 saturated carbocycles. The van der Waals surface area contributed by atoms with E-state index in [0.717, 1.165) is 43.6 Å². The Kier molecular flexibility index (Phi) is 6.71. The number of carbonyl (C=O) groups excluding carboxylic acids is 1. The molecule has 1 unspecified atom stereocenters. The lowest BCUT2D eigenvalue weighted by molar-refractivity contribution is -0.140. The van der Waals surface area contributed by atoms with E-state index < -0.39 is 0 Å². The van der Waals surface area contributed by atoms with Crippen molar-refractivity contribution in [3.8, 4) is 11.5 Å². The third-order valence-electron chi connectivity index (χ3n) is 4.30. The van der Waals surface area contributed by atoms with E-state index in [0.29, 0.717) is 12.5 Å². The van der Waals surface area contributed by atoms with Crippen LogP contribution in [0.4, 0.5) is 0 Å². The first-order valence-electron chi connectivity index (χ1n) is 8.33. The molecule has 0 radical (unpaired) electrons. The van der Waals surface area contributed by atoms with Crippen molar-refractivity contribution >= 4 is 5.97 Å². The number of benzene rings is 1. The van der Waals surface area contributed by atoms with Gasteiger partial charge >= 0.3 is 5.97 Å². The quantitative estimate of drug-likeness (QED) is 0.560. The molecule has 1 atom stereocenters. The van der Waals surface area contributed by atoms with Crippen LogP contribution in [0.25, 0.3) is 0 Å². The number of rotatable bonds is 9. The van der Waals surface area contributed by atoms with E-state index >= 15 is 0 Å². The predicted molar refractivity (Wildman–Crippen MR) is 89.0 cm³/mol. The van der Waals surface area contributed by atoms with Crippen LogP contribution in [0, 0.1) is 0 Å². The average Bonchev–Trinajstić information content (AvgIpc) is 3.04. The van der Waals surface area contributed by atoms with Gasteiger partial charge < -0.3 is 19.5 Å². The van der Waals surface area contributed by atoms with Crippen LogP contribution in [0.1, 0.15) is 43.7 Å². The Morgan fingerprint density at radius 2 is 2.17 bits per heavy atom. The molecule has 128 valence electrons. The summed E-state index contributed by atoms with van der Waals surface area (Å²) in [7, 11) is 3.42. The molecule has 1 N–H and O–H groups in total. The number of unbranched alkanes of at least 4 members (excludes halogenated alkanes) is 1. The van der Waals surface area contributed by atoms with Gasteiger partial charge in [-0.1, -0.05) is 13.0 Å². The Hall–Kier alpha value is -1.75. The molecule has 0 aliphatic carbocycles. The van der Waals surface area contributed by atoms with Gasteiger partial charge in [0.05, 0.1) is 7.11 Å². The first kappa shape index (κ1) is 17.6. The highest BCUT2D eigenvalue weighted by molar-refractivity contribution is 5.69. The van der Waals surface area contributed by atoms with Crippen LogP contribution in [-0.2, 0) is 22.4 Å². The molecule has 0 amide bonds. The van der Waals surface area contributed by atoms with Crippen molar-refractivity contribution in [1.82, 2.24) is 5.32 Å². The fourth-order valence-electron chi connectivity index (χ4n) is 2.87. The van der Waals surface area contributed by atoms with Gasteiger partial charge in [-0.25, -0.2) is 0 Å². The van der Waals surface area contributed by atoms with Crippen LogP contribution in [0.3, 0.4) is 0 Å². The van der Waals surface area contributed by atoms with Crippen LogP contribution in [-0.4, -0.2) is 33.0 Å². The Morgan fingerprint density at radius 3 is 2.87 bits per heavy atom. The standard InChI is InChI=1S/C18H27NO4/c1-4-15(19-2)10-13-9-14(7-5-6-8-17(20)21-3)18-16(11-13)22-12-23-18/h9,11,15,19H,4-8,10,12H2,1-3H3.